The number of para-hydroxylation sites is 1. The number of carbonyl (C=O) groups is 1. The first kappa shape index (κ1) is 23.8. The van der Waals surface area contributed by atoms with Crippen molar-refractivity contribution in [3.8, 4) is 5.75 Å². The van der Waals surface area contributed by atoms with Crippen molar-refractivity contribution in [3.05, 3.63) is 88.9 Å². The zero-order valence-corrected chi connectivity index (χ0v) is 19.7. The van der Waals surface area contributed by atoms with Gasteiger partial charge in [-0.25, -0.2) is 8.42 Å². The minimum atomic E-state index is -4.21. The van der Waals surface area contributed by atoms with Crippen molar-refractivity contribution in [1.29, 1.82) is 0 Å². The van der Waals surface area contributed by atoms with Crippen LogP contribution in [0, 0.1) is 0 Å². The molecule has 0 aromatic heterocycles. The van der Waals surface area contributed by atoms with Gasteiger partial charge >= 0.3 is 0 Å². The molecule has 32 heavy (non-hydrogen) atoms. The second-order valence-electron chi connectivity index (χ2n) is 7.23. The van der Waals surface area contributed by atoms with Crippen molar-refractivity contribution in [1.82, 2.24) is 0 Å². The Morgan fingerprint density at radius 1 is 0.938 bits per heavy atom. The van der Waals surface area contributed by atoms with Crippen LogP contribution in [0.25, 0.3) is 0 Å². The summed E-state index contributed by atoms with van der Waals surface area (Å²) in [5, 5.41) is 0.406. The van der Waals surface area contributed by atoms with E-state index in [1.165, 1.54) is 24.3 Å². The van der Waals surface area contributed by atoms with Gasteiger partial charge in [0, 0.05) is 5.02 Å². The summed E-state index contributed by atoms with van der Waals surface area (Å²) in [7, 11) is -4.21. The number of benzene rings is 3. The van der Waals surface area contributed by atoms with Crippen LogP contribution in [0.2, 0.25) is 5.02 Å². The number of rotatable bonds is 9. The Bertz CT molecular complexity index is 1160. The third kappa shape index (κ3) is 5.31. The monoisotopic (exact) mass is 471 g/mol. The first-order chi connectivity index (χ1) is 15.4. The number of hydrogen-bond acceptors (Lipinski definition) is 4. The van der Waals surface area contributed by atoms with Crippen LogP contribution in [0.3, 0.4) is 0 Å². The number of nitrogens with zero attached hydrogens (tertiary/aromatic N) is 1. The molecule has 0 N–H and O–H groups in total. The van der Waals surface area contributed by atoms with E-state index in [0.29, 0.717) is 17.4 Å². The molecule has 0 fully saturated rings. The highest BCUT2D eigenvalue weighted by Crippen LogP contribution is 2.30. The predicted octanol–water partition coefficient (Wildman–Crippen LogP) is 6.12. The summed E-state index contributed by atoms with van der Waals surface area (Å²) in [6, 6.07) is 19.4. The maximum atomic E-state index is 13.6. The molecular weight excluding hydrogens is 446 g/mol. The summed E-state index contributed by atoms with van der Waals surface area (Å²) in [6.07, 6.45) is 2.99. The number of ether oxygens (including phenoxy) is 1. The fourth-order valence-corrected chi connectivity index (χ4v) is 4.82. The lowest BCUT2D eigenvalue weighted by Crippen LogP contribution is -2.37. The Morgan fingerprint density at radius 2 is 1.59 bits per heavy atom. The molecule has 168 valence electrons. The van der Waals surface area contributed by atoms with Gasteiger partial charge in [0.2, 0.25) is 0 Å². The van der Waals surface area contributed by atoms with E-state index >= 15 is 0 Å². The Labute approximate surface area is 194 Å². The average Bonchev–Trinajstić information content (AvgIpc) is 2.79. The summed E-state index contributed by atoms with van der Waals surface area (Å²) in [5.41, 5.74) is 1.51. The smallest absolute Gasteiger partial charge is 0.276 e. The molecule has 0 spiro atoms. The molecule has 0 radical (unpaired) electrons. The van der Waals surface area contributed by atoms with Crippen molar-refractivity contribution in [2.24, 2.45) is 0 Å². The van der Waals surface area contributed by atoms with Crippen molar-refractivity contribution in [2.45, 2.75) is 38.0 Å². The first-order valence-corrected chi connectivity index (χ1v) is 12.4. The second kappa shape index (κ2) is 10.7. The molecule has 0 bridgehead atoms. The van der Waals surface area contributed by atoms with Gasteiger partial charge in [-0.3, -0.25) is 4.79 Å². The zero-order chi connectivity index (χ0) is 23.1. The van der Waals surface area contributed by atoms with E-state index in [-0.39, 0.29) is 16.1 Å². The van der Waals surface area contributed by atoms with Crippen molar-refractivity contribution < 1.29 is 17.9 Å². The number of aryl methyl sites for hydroxylation is 1. The third-order valence-electron chi connectivity index (χ3n) is 4.94. The van der Waals surface area contributed by atoms with Crippen LogP contribution in [0.5, 0.6) is 5.75 Å². The first-order valence-electron chi connectivity index (χ1n) is 10.5. The Morgan fingerprint density at radius 3 is 2.22 bits per heavy atom. The maximum absolute atomic E-state index is 13.6. The normalized spacial score (nSPS) is 11.2. The molecule has 3 aromatic rings. The zero-order valence-electron chi connectivity index (χ0n) is 18.1. The van der Waals surface area contributed by atoms with Gasteiger partial charge in [-0.15, -0.1) is 0 Å². The molecule has 5 nitrogen and oxygen atoms in total. The van der Waals surface area contributed by atoms with Gasteiger partial charge in [0.15, 0.2) is 0 Å². The molecule has 0 heterocycles. The van der Waals surface area contributed by atoms with Gasteiger partial charge in [0.1, 0.15) is 5.75 Å². The van der Waals surface area contributed by atoms with E-state index in [1.54, 1.807) is 43.3 Å². The van der Waals surface area contributed by atoms with E-state index in [2.05, 4.69) is 6.92 Å². The molecule has 0 atom stereocenters. The number of halogens is 1. The van der Waals surface area contributed by atoms with Crippen LogP contribution in [0.4, 0.5) is 5.69 Å². The second-order valence-corrected chi connectivity index (χ2v) is 9.45. The average molecular weight is 472 g/mol. The highest BCUT2D eigenvalue weighted by Gasteiger charge is 2.33. The van der Waals surface area contributed by atoms with Gasteiger partial charge in [-0.05, 0) is 73.9 Å². The molecule has 0 aliphatic rings. The predicted molar refractivity (Wildman–Crippen MR) is 128 cm³/mol. The number of sulfonamides is 1. The van der Waals surface area contributed by atoms with Crippen molar-refractivity contribution in [3.63, 3.8) is 0 Å². The van der Waals surface area contributed by atoms with E-state index in [4.69, 9.17) is 16.3 Å². The summed E-state index contributed by atoms with van der Waals surface area (Å²) in [4.78, 5) is 13.6. The summed E-state index contributed by atoms with van der Waals surface area (Å²) in [5.74, 6) is -0.360. The highest BCUT2D eigenvalue weighted by atomic mass is 35.5. The lowest BCUT2D eigenvalue weighted by Gasteiger charge is -2.24. The number of carbonyl (C=O) groups excluding carboxylic acids is 1. The number of hydrogen-bond donors (Lipinski definition) is 0. The van der Waals surface area contributed by atoms with Crippen LogP contribution >= 0.6 is 11.6 Å². The van der Waals surface area contributed by atoms with Gasteiger partial charge in [-0.1, -0.05) is 49.2 Å². The van der Waals surface area contributed by atoms with Crippen molar-refractivity contribution >= 4 is 33.2 Å². The standard InChI is InChI=1S/C25H26ClNO4S/c1-3-5-8-19-11-15-21(16-12-19)27(32(29,30)22-17-13-20(26)14-18-22)25(28)23-9-6-7-10-24(23)31-4-2/h6-7,9-18H,3-5,8H2,1-2H3. The third-order valence-corrected chi connectivity index (χ3v) is 6.92. The molecule has 0 aliphatic heterocycles. The SMILES string of the molecule is CCCCc1ccc(N(C(=O)c2ccccc2OCC)S(=O)(=O)c2ccc(Cl)cc2)cc1. The molecule has 3 rings (SSSR count). The Balaban J connectivity index is 2.11. The molecule has 0 saturated heterocycles. The van der Waals surface area contributed by atoms with Gasteiger partial charge in [0.05, 0.1) is 22.8 Å². The molecule has 0 saturated carbocycles. The van der Waals surface area contributed by atoms with Crippen LogP contribution in [0.1, 0.15) is 42.6 Å². The fourth-order valence-electron chi connectivity index (χ4n) is 3.29. The van der Waals surface area contributed by atoms with E-state index in [1.807, 2.05) is 12.1 Å². The van der Waals surface area contributed by atoms with Crippen LogP contribution in [-0.2, 0) is 16.4 Å². The van der Waals surface area contributed by atoms with Gasteiger partial charge in [-0.2, -0.15) is 4.31 Å². The number of amides is 1. The molecule has 0 aliphatic carbocycles. The summed E-state index contributed by atoms with van der Waals surface area (Å²) >= 11 is 5.94. The number of unbranched alkanes of at least 4 members (excludes halogenated alkanes) is 1. The van der Waals surface area contributed by atoms with Gasteiger partial charge in [0.25, 0.3) is 15.9 Å². The van der Waals surface area contributed by atoms with Crippen LogP contribution in [-0.4, -0.2) is 20.9 Å². The minimum Gasteiger partial charge on any atom is -0.493 e. The van der Waals surface area contributed by atoms with Crippen molar-refractivity contribution in [2.75, 3.05) is 10.9 Å². The molecule has 0 unspecified atom stereocenters. The van der Waals surface area contributed by atoms with E-state index in [9.17, 15) is 13.2 Å². The lowest BCUT2D eigenvalue weighted by molar-refractivity contribution is 0.100. The van der Waals surface area contributed by atoms with Crippen LogP contribution < -0.4 is 9.04 Å². The summed E-state index contributed by atoms with van der Waals surface area (Å²) in [6.45, 7) is 4.27. The van der Waals surface area contributed by atoms with E-state index in [0.717, 1.165) is 29.1 Å². The Hall–Kier alpha value is -2.83. The number of anilines is 1. The highest BCUT2D eigenvalue weighted by molar-refractivity contribution is 7.93. The Kier molecular flexibility index (Phi) is 7.94. The molecular formula is C25H26ClNO4S. The summed E-state index contributed by atoms with van der Waals surface area (Å²) < 4.78 is 33.6. The minimum absolute atomic E-state index is 0.0285. The van der Waals surface area contributed by atoms with Gasteiger partial charge < -0.3 is 4.74 Å². The molecule has 7 heteroatoms. The van der Waals surface area contributed by atoms with E-state index < -0.39 is 15.9 Å². The molecule has 3 aromatic carbocycles. The fraction of sp³-hybridized carbons (Fsp3) is 0.240. The maximum Gasteiger partial charge on any atom is 0.276 e. The van der Waals surface area contributed by atoms with Crippen LogP contribution in [0.15, 0.2) is 77.7 Å². The quantitative estimate of drug-likeness (QED) is 0.377. The largest absolute Gasteiger partial charge is 0.493 e. The topological polar surface area (TPSA) is 63.7 Å². The molecule has 1 amide bonds. The lowest BCUT2D eigenvalue weighted by atomic mass is 10.1.